The average molecular weight is 470 g/mol. The lowest BCUT2D eigenvalue weighted by Crippen LogP contribution is -2.46. The highest BCUT2D eigenvalue weighted by atomic mass is 19.4. The summed E-state index contributed by atoms with van der Waals surface area (Å²) in [6.07, 6.45) is -3.76. The van der Waals surface area contributed by atoms with E-state index in [0.717, 1.165) is 49.9 Å². The second-order valence-electron chi connectivity index (χ2n) is 7.39. The van der Waals surface area contributed by atoms with E-state index in [9.17, 15) is 36.3 Å². The molecule has 2 amide bonds. The predicted molar refractivity (Wildman–Crippen MR) is 106 cm³/mol. The molecule has 0 aliphatic heterocycles. The molecule has 176 valence electrons. The first-order chi connectivity index (χ1) is 15.2. The summed E-state index contributed by atoms with van der Waals surface area (Å²) in [7, 11) is 2.20. The number of nitrogens with zero attached hydrogens (tertiary/aromatic N) is 3. The van der Waals surface area contributed by atoms with Crippen LogP contribution >= 0.6 is 0 Å². The zero-order valence-electron chi connectivity index (χ0n) is 17.9. The molecule has 0 saturated heterocycles. The van der Waals surface area contributed by atoms with Gasteiger partial charge in [0.25, 0.3) is 17.6 Å². The van der Waals surface area contributed by atoms with Crippen LogP contribution in [0.15, 0.2) is 24.4 Å². The monoisotopic (exact) mass is 470 g/mol. The van der Waals surface area contributed by atoms with Gasteiger partial charge < -0.3 is 14.8 Å². The van der Waals surface area contributed by atoms with Gasteiger partial charge in [0.2, 0.25) is 0 Å². The summed E-state index contributed by atoms with van der Waals surface area (Å²) < 4.78 is 68.1. The van der Waals surface area contributed by atoms with Crippen LogP contribution in [-0.4, -0.2) is 46.3 Å². The number of anilines is 1. The van der Waals surface area contributed by atoms with Gasteiger partial charge in [0, 0.05) is 32.0 Å². The minimum atomic E-state index is -4.62. The standard InChI is InChI=1S/C21H19F5N4O3/c1-10(21(24,25)26)11(2)30(4)20(33)18(31)14-9-29(3)17(16(14)23)19(32)28-13-5-6-15(22)12(7-13)8-27/h5-7,9-11H,1-4H3,(H,28,32)/t10-,11?/m0/s1. The predicted octanol–water partition coefficient (Wildman–Crippen LogP) is 3.66. The molecule has 0 saturated carbocycles. The third-order valence-corrected chi connectivity index (χ3v) is 5.29. The van der Waals surface area contributed by atoms with Crippen LogP contribution in [0, 0.1) is 28.9 Å². The van der Waals surface area contributed by atoms with Crippen LogP contribution in [0.3, 0.4) is 0 Å². The molecule has 1 aromatic heterocycles. The van der Waals surface area contributed by atoms with E-state index in [2.05, 4.69) is 5.32 Å². The Hall–Kier alpha value is -3.75. The summed E-state index contributed by atoms with van der Waals surface area (Å²) in [6.45, 7) is 1.94. The Morgan fingerprint density at radius 3 is 2.33 bits per heavy atom. The van der Waals surface area contributed by atoms with Crippen LogP contribution in [0.25, 0.3) is 0 Å². The topological polar surface area (TPSA) is 95.2 Å². The molecule has 0 aliphatic carbocycles. The fraction of sp³-hybridized carbons (Fsp3) is 0.333. The van der Waals surface area contributed by atoms with Gasteiger partial charge in [-0.05, 0) is 25.1 Å². The summed E-state index contributed by atoms with van der Waals surface area (Å²) in [5, 5.41) is 11.1. The van der Waals surface area contributed by atoms with Crippen molar-refractivity contribution in [2.75, 3.05) is 12.4 Å². The van der Waals surface area contributed by atoms with Crippen molar-refractivity contribution in [1.29, 1.82) is 5.26 Å². The number of carbonyl (C=O) groups is 3. The SMILES string of the molecule is CC([C@H](C)C(F)(F)F)N(C)C(=O)C(=O)c1cn(C)c(C(=O)Nc2ccc(F)c(C#N)c2)c1F. The van der Waals surface area contributed by atoms with Crippen molar-refractivity contribution in [2.45, 2.75) is 26.1 Å². The van der Waals surface area contributed by atoms with Crippen molar-refractivity contribution >= 4 is 23.3 Å². The van der Waals surface area contributed by atoms with E-state index < -0.39 is 58.6 Å². The Morgan fingerprint density at radius 1 is 1.18 bits per heavy atom. The van der Waals surface area contributed by atoms with Crippen molar-refractivity contribution in [2.24, 2.45) is 13.0 Å². The third kappa shape index (κ3) is 5.19. The third-order valence-electron chi connectivity index (χ3n) is 5.29. The van der Waals surface area contributed by atoms with Crippen LogP contribution in [0.4, 0.5) is 27.6 Å². The lowest BCUT2D eigenvalue weighted by molar-refractivity contribution is -0.184. The highest BCUT2D eigenvalue weighted by molar-refractivity contribution is 6.43. The molecule has 1 N–H and O–H groups in total. The molecule has 33 heavy (non-hydrogen) atoms. The number of rotatable bonds is 6. The van der Waals surface area contributed by atoms with Crippen LogP contribution in [0.2, 0.25) is 0 Å². The van der Waals surface area contributed by atoms with Crippen molar-refractivity contribution in [3.8, 4) is 6.07 Å². The summed E-state index contributed by atoms with van der Waals surface area (Å²) in [6, 6.07) is 3.23. The van der Waals surface area contributed by atoms with Gasteiger partial charge in [0.05, 0.1) is 17.0 Å². The summed E-state index contributed by atoms with van der Waals surface area (Å²) in [4.78, 5) is 38.0. The summed E-state index contributed by atoms with van der Waals surface area (Å²) in [5.74, 6) is -8.02. The second-order valence-corrected chi connectivity index (χ2v) is 7.39. The van der Waals surface area contributed by atoms with E-state index in [1.165, 1.54) is 7.05 Å². The molecule has 0 radical (unpaired) electrons. The zero-order valence-corrected chi connectivity index (χ0v) is 17.9. The molecule has 2 aromatic rings. The van der Waals surface area contributed by atoms with Crippen molar-refractivity contribution < 1.29 is 36.3 Å². The average Bonchev–Trinajstić information content (AvgIpc) is 3.05. The molecule has 0 spiro atoms. The number of hydrogen-bond acceptors (Lipinski definition) is 4. The van der Waals surface area contributed by atoms with Gasteiger partial charge in [-0.2, -0.15) is 18.4 Å². The van der Waals surface area contributed by atoms with Crippen molar-refractivity contribution in [1.82, 2.24) is 9.47 Å². The molecule has 1 unspecified atom stereocenters. The molecular weight excluding hydrogens is 451 g/mol. The Kier molecular flexibility index (Phi) is 7.26. The molecular formula is C21H19F5N4O3. The van der Waals surface area contributed by atoms with E-state index in [1.54, 1.807) is 6.07 Å². The molecule has 2 atom stereocenters. The molecule has 7 nitrogen and oxygen atoms in total. The van der Waals surface area contributed by atoms with Crippen LogP contribution in [0.1, 0.15) is 40.3 Å². The molecule has 2 rings (SSSR count). The number of ketones is 1. The number of likely N-dealkylation sites (N-methyl/N-ethyl adjacent to an activating group) is 1. The first-order valence-electron chi connectivity index (χ1n) is 9.44. The van der Waals surface area contributed by atoms with Gasteiger partial charge >= 0.3 is 6.18 Å². The van der Waals surface area contributed by atoms with Gasteiger partial charge in [-0.25, -0.2) is 8.78 Å². The Bertz CT molecular complexity index is 1150. The van der Waals surface area contributed by atoms with Crippen molar-refractivity contribution in [3.05, 3.63) is 52.9 Å². The lowest BCUT2D eigenvalue weighted by atomic mass is 10.0. The number of nitrogens with one attached hydrogen (secondary N) is 1. The Balaban J connectivity index is 2.29. The highest BCUT2D eigenvalue weighted by Gasteiger charge is 2.43. The van der Waals surface area contributed by atoms with Gasteiger partial charge in [-0.1, -0.05) is 6.92 Å². The van der Waals surface area contributed by atoms with Crippen LogP contribution in [0.5, 0.6) is 0 Å². The maximum absolute atomic E-state index is 14.9. The number of amides is 2. The van der Waals surface area contributed by atoms with Gasteiger partial charge in [-0.15, -0.1) is 0 Å². The maximum Gasteiger partial charge on any atom is 0.393 e. The number of Topliss-reactive ketones (excluding diaryl/α,β-unsaturated/α-hetero) is 1. The smallest absolute Gasteiger partial charge is 0.343 e. The second kappa shape index (κ2) is 9.40. The van der Waals surface area contributed by atoms with E-state index >= 15 is 0 Å². The van der Waals surface area contributed by atoms with E-state index in [1.807, 2.05) is 0 Å². The molecule has 0 fully saturated rings. The number of aryl methyl sites for hydroxylation is 1. The zero-order chi connectivity index (χ0) is 25.2. The quantitative estimate of drug-likeness (QED) is 0.396. The normalized spacial score (nSPS) is 13.1. The summed E-state index contributed by atoms with van der Waals surface area (Å²) in [5.41, 5.74) is -1.86. The number of hydrogen-bond donors (Lipinski definition) is 1. The fourth-order valence-corrected chi connectivity index (χ4v) is 2.96. The number of benzene rings is 1. The number of alkyl halides is 3. The van der Waals surface area contributed by atoms with Gasteiger partial charge in [0.15, 0.2) is 5.82 Å². The Morgan fingerprint density at radius 2 is 1.79 bits per heavy atom. The number of nitriles is 1. The van der Waals surface area contributed by atoms with E-state index in [-0.39, 0.29) is 11.3 Å². The molecule has 1 aromatic carbocycles. The number of carbonyl (C=O) groups excluding carboxylic acids is 3. The maximum atomic E-state index is 14.9. The lowest BCUT2D eigenvalue weighted by Gasteiger charge is -2.30. The number of halogens is 5. The van der Waals surface area contributed by atoms with Crippen LogP contribution in [-0.2, 0) is 11.8 Å². The summed E-state index contributed by atoms with van der Waals surface area (Å²) >= 11 is 0. The minimum absolute atomic E-state index is 0.0304. The minimum Gasteiger partial charge on any atom is -0.343 e. The highest BCUT2D eigenvalue weighted by Crippen LogP contribution is 2.30. The van der Waals surface area contributed by atoms with Crippen molar-refractivity contribution in [3.63, 3.8) is 0 Å². The molecule has 0 bridgehead atoms. The fourth-order valence-electron chi connectivity index (χ4n) is 2.96. The first-order valence-corrected chi connectivity index (χ1v) is 9.44. The Labute approximate surface area is 185 Å². The van der Waals surface area contributed by atoms with Crippen LogP contribution < -0.4 is 5.32 Å². The van der Waals surface area contributed by atoms with E-state index in [4.69, 9.17) is 5.26 Å². The van der Waals surface area contributed by atoms with Gasteiger partial charge in [-0.3, -0.25) is 14.4 Å². The molecule has 0 aliphatic rings. The number of aromatic nitrogens is 1. The van der Waals surface area contributed by atoms with Gasteiger partial charge in [0.1, 0.15) is 17.6 Å². The van der Waals surface area contributed by atoms with E-state index in [0.29, 0.717) is 4.90 Å². The molecule has 1 heterocycles. The largest absolute Gasteiger partial charge is 0.393 e. The molecule has 12 heteroatoms. The first kappa shape index (κ1) is 25.5.